The van der Waals surface area contributed by atoms with Crippen LogP contribution in [0.4, 0.5) is 0 Å². The van der Waals surface area contributed by atoms with E-state index in [9.17, 15) is 10.2 Å². The first-order valence-corrected chi connectivity index (χ1v) is 9.82. The van der Waals surface area contributed by atoms with Gasteiger partial charge in [-0.1, -0.05) is 41.9 Å². The quantitative estimate of drug-likeness (QED) is 0.816. The monoisotopic (exact) mass is 404 g/mol. The van der Waals surface area contributed by atoms with E-state index in [0.717, 1.165) is 23.1 Å². The van der Waals surface area contributed by atoms with Crippen molar-refractivity contribution >= 4 is 11.6 Å². The maximum Gasteiger partial charge on any atom is 0.190 e. The van der Waals surface area contributed by atoms with Crippen molar-refractivity contribution < 1.29 is 24.4 Å². The van der Waals surface area contributed by atoms with Crippen LogP contribution in [0.25, 0.3) is 0 Å². The van der Waals surface area contributed by atoms with Crippen molar-refractivity contribution in [2.45, 2.75) is 63.7 Å². The van der Waals surface area contributed by atoms with Crippen LogP contribution in [0, 0.1) is 6.92 Å². The number of halogens is 1. The Kier molecular flexibility index (Phi) is 5.25. The average molecular weight is 405 g/mol. The lowest BCUT2D eigenvalue weighted by Gasteiger charge is -2.26. The van der Waals surface area contributed by atoms with Gasteiger partial charge in [0.15, 0.2) is 12.1 Å². The molecule has 0 saturated carbocycles. The summed E-state index contributed by atoms with van der Waals surface area (Å²) in [6, 6.07) is 13.5. The lowest BCUT2D eigenvalue weighted by molar-refractivity contribution is -0.226. The fourth-order valence-corrected chi connectivity index (χ4v) is 3.98. The van der Waals surface area contributed by atoms with Crippen LogP contribution in [0.1, 0.15) is 42.2 Å². The van der Waals surface area contributed by atoms with Gasteiger partial charge in [-0.25, -0.2) is 0 Å². The highest BCUT2D eigenvalue weighted by atomic mass is 35.5. The lowest BCUT2D eigenvalue weighted by atomic mass is 9.93. The van der Waals surface area contributed by atoms with Crippen molar-refractivity contribution in [2.24, 2.45) is 0 Å². The number of hydrogen-bond donors (Lipinski definition) is 2. The molecule has 5 nitrogen and oxygen atoms in total. The van der Waals surface area contributed by atoms with Crippen LogP contribution in [0.2, 0.25) is 5.02 Å². The third-order valence-corrected chi connectivity index (χ3v) is 5.64. The minimum absolute atomic E-state index is 0.603. The molecule has 2 N–H and O–H groups in total. The predicted molar refractivity (Wildman–Crippen MR) is 105 cm³/mol. The third kappa shape index (κ3) is 3.83. The Bertz CT molecular complexity index is 851. The van der Waals surface area contributed by atoms with Gasteiger partial charge in [0.25, 0.3) is 0 Å². The Morgan fingerprint density at radius 3 is 2.50 bits per heavy atom. The smallest absolute Gasteiger partial charge is 0.190 e. The molecule has 2 aromatic rings. The Morgan fingerprint density at radius 1 is 1.11 bits per heavy atom. The number of aliphatic hydroxyl groups is 2. The number of benzene rings is 2. The summed E-state index contributed by atoms with van der Waals surface area (Å²) in [5.74, 6) is -0.804. The summed E-state index contributed by atoms with van der Waals surface area (Å²) in [6.45, 7) is 5.59. The molecule has 0 amide bonds. The van der Waals surface area contributed by atoms with Crippen LogP contribution in [-0.2, 0) is 20.6 Å². The minimum atomic E-state index is -0.986. The number of fused-ring (bicyclic) bond motifs is 1. The summed E-state index contributed by atoms with van der Waals surface area (Å²) in [5, 5.41) is 22.2. The van der Waals surface area contributed by atoms with E-state index in [4.69, 9.17) is 25.8 Å². The molecule has 150 valence electrons. The number of rotatable bonds is 4. The SMILES string of the molecule is Cc1ccc([C@H](O)C2O[C@H]3OC(C)(C)O[C@H]3[C@@H]2O)cc1Cc1ccc(Cl)cc1. The Labute approximate surface area is 169 Å². The zero-order valence-electron chi connectivity index (χ0n) is 16.1. The van der Waals surface area contributed by atoms with Crippen LogP contribution in [-0.4, -0.2) is 40.6 Å². The summed E-state index contributed by atoms with van der Waals surface area (Å²) in [5.41, 5.74) is 4.05. The van der Waals surface area contributed by atoms with Gasteiger partial charge in [0.05, 0.1) is 0 Å². The predicted octanol–water partition coefficient (Wildman–Crippen LogP) is 3.51. The normalized spacial score (nSPS) is 29.6. The van der Waals surface area contributed by atoms with Gasteiger partial charge in [-0.3, -0.25) is 0 Å². The molecule has 1 unspecified atom stereocenters. The second kappa shape index (κ2) is 7.41. The van der Waals surface area contributed by atoms with E-state index < -0.39 is 36.5 Å². The van der Waals surface area contributed by atoms with Crippen molar-refractivity contribution in [3.8, 4) is 0 Å². The Hall–Kier alpha value is -1.47. The molecule has 0 aliphatic carbocycles. The fraction of sp³-hybridized carbons (Fsp3) is 0.455. The molecule has 0 radical (unpaired) electrons. The maximum atomic E-state index is 10.9. The van der Waals surface area contributed by atoms with Gasteiger partial charge in [0.1, 0.15) is 24.4 Å². The second-order valence-corrected chi connectivity index (χ2v) is 8.43. The molecule has 0 aromatic heterocycles. The van der Waals surface area contributed by atoms with Gasteiger partial charge >= 0.3 is 0 Å². The van der Waals surface area contributed by atoms with Crippen LogP contribution in [0.5, 0.6) is 0 Å². The molecule has 2 aromatic carbocycles. The molecule has 0 spiro atoms. The van der Waals surface area contributed by atoms with E-state index in [1.807, 2.05) is 49.4 Å². The lowest BCUT2D eigenvalue weighted by Crippen LogP contribution is -2.37. The van der Waals surface area contributed by atoms with Crippen molar-refractivity contribution in [3.63, 3.8) is 0 Å². The maximum absolute atomic E-state index is 10.9. The largest absolute Gasteiger partial charge is 0.387 e. The summed E-state index contributed by atoms with van der Waals surface area (Å²) in [4.78, 5) is 0. The third-order valence-electron chi connectivity index (χ3n) is 5.39. The Morgan fingerprint density at radius 2 is 1.82 bits per heavy atom. The Balaban J connectivity index is 1.52. The molecule has 28 heavy (non-hydrogen) atoms. The molecule has 2 saturated heterocycles. The van der Waals surface area contributed by atoms with E-state index in [1.54, 1.807) is 13.8 Å². The summed E-state index contributed by atoms with van der Waals surface area (Å²) >= 11 is 5.97. The molecular formula is C22H25ClO5. The van der Waals surface area contributed by atoms with E-state index in [2.05, 4.69) is 0 Å². The van der Waals surface area contributed by atoms with Gasteiger partial charge in [0, 0.05) is 5.02 Å². The van der Waals surface area contributed by atoms with Gasteiger partial charge in [-0.05, 0) is 61.6 Å². The molecule has 4 rings (SSSR count). The summed E-state index contributed by atoms with van der Waals surface area (Å²) < 4.78 is 17.2. The van der Waals surface area contributed by atoms with Crippen LogP contribution < -0.4 is 0 Å². The molecule has 5 atom stereocenters. The molecule has 6 heteroatoms. The first-order chi connectivity index (χ1) is 13.2. The average Bonchev–Trinajstić information content (AvgIpc) is 3.11. The molecule has 0 bridgehead atoms. The van der Waals surface area contributed by atoms with E-state index >= 15 is 0 Å². The highest BCUT2D eigenvalue weighted by Crippen LogP contribution is 2.41. The summed E-state index contributed by atoms with van der Waals surface area (Å²) in [7, 11) is 0. The van der Waals surface area contributed by atoms with Crippen LogP contribution in [0.15, 0.2) is 42.5 Å². The number of aryl methyl sites for hydroxylation is 1. The van der Waals surface area contributed by atoms with E-state index in [0.29, 0.717) is 10.6 Å². The zero-order chi connectivity index (χ0) is 20.1. The number of aliphatic hydroxyl groups excluding tert-OH is 2. The van der Waals surface area contributed by atoms with Crippen molar-refractivity contribution in [2.75, 3.05) is 0 Å². The van der Waals surface area contributed by atoms with Crippen molar-refractivity contribution in [1.29, 1.82) is 0 Å². The number of ether oxygens (including phenoxy) is 3. The van der Waals surface area contributed by atoms with Crippen molar-refractivity contribution in [3.05, 3.63) is 69.7 Å². The van der Waals surface area contributed by atoms with Gasteiger partial charge in [0.2, 0.25) is 0 Å². The number of hydrogen-bond acceptors (Lipinski definition) is 5. The summed E-state index contributed by atoms with van der Waals surface area (Å²) in [6.07, 6.45) is -3.32. The van der Waals surface area contributed by atoms with E-state index in [1.165, 1.54) is 0 Å². The van der Waals surface area contributed by atoms with Gasteiger partial charge < -0.3 is 24.4 Å². The second-order valence-electron chi connectivity index (χ2n) is 7.99. The zero-order valence-corrected chi connectivity index (χ0v) is 16.9. The molecule has 2 fully saturated rings. The van der Waals surface area contributed by atoms with E-state index in [-0.39, 0.29) is 0 Å². The highest BCUT2D eigenvalue weighted by molar-refractivity contribution is 6.30. The topological polar surface area (TPSA) is 68.2 Å². The molecule has 2 aliphatic heterocycles. The molecule has 2 aliphatic rings. The van der Waals surface area contributed by atoms with Crippen LogP contribution in [0.3, 0.4) is 0 Å². The standard InChI is InChI=1S/C22H25ClO5/c1-12-4-7-14(11-15(12)10-13-5-8-16(23)9-6-13)17(24)19-18(25)20-21(26-19)28-22(2,3)27-20/h4-9,11,17-21,24-25H,10H2,1-3H3/t17-,18+,19?,20-,21-/m0/s1. The minimum Gasteiger partial charge on any atom is -0.387 e. The molecule has 2 heterocycles. The van der Waals surface area contributed by atoms with Crippen molar-refractivity contribution in [1.82, 2.24) is 0 Å². The molecular weight excluding hydrogens is 380 g/mol. The first kappa shape index (κ1) is 19.8. The van der Waals surface area contributed by atoms with Crippen LogP contribution >= 0.6 is 11.6 Å². The first-order valence-electron chi connectivity index (χ1n) is 9.44. The fourth-order valence-electron chi connectivity index (χ4n) is 3.85. The van der Waals surface area contributed by atoms with Gasteiger partial charge in [-0.2, -0.15) is 0 Å². The highest BCUT2D eigenvalue weighted by Gasteiger charge is 2.56. The van der Waals surface area contributed by atoms with Gasteiger partial charge in [-0.15, -0.1) is 0 Å².